The molecule has 0 aliphatic carbocycles. The fourth-order valence-electron chi connectivity index (χ4n) is 1.01. The van der Waals surface area contributed by atoms with Crippen molar-refractivity contribution in [2.45, 2.75) is 13.0 Å². The Labute approximate surface area is 87.3 Å². The van der Waals surface area contributed by atoms with E-state index < -0.39 is 6.10 Å². The van der Waals surface area contributed by atoms with Crippen molar-refractivity contribution < 1.29 is 10.2 Å². The minimum atomic E-state index is -0.811. The molecule has 15 heavy (non-hydrogen) atoms. The first-order valence-corrected chi connectivity index (χ1v) is 4.50. The van der Waals surface area contributed by atoms with E-state index in [0.29, 0.717) is 11.8 Å². The van der Waals surface area contributed by atoms with Crippen molar-refractivity contribution in [3.8, 4) is 0 Å². The minimum Gasteiger partial charge on any atom is -0.394 e. The smallest absolute Gasteiger partial charge is 0.239 e. The Morgan fingerprint density at radius 3 is 2.87 bits per heavy atom. The lowest BCUT2D eigenvalue weighted by atomic mass is 10.3. The summed E-state index contributed by atoms with van der Waals surface area (Å²) in [4.78, 5) is 8.01. The summed E-state index contributed by atoms with van der Waals surface area (Å²) in [6.07, 6.45) is -0.811. The molecule has 0 aliphatic heterocycles. The molecule has 0 bridgehead atoms. The van der Waals surface area contributed by atoms with E-state index in [9.17, 15) is 0 Å². The number of aliphatic hydroxyl groups excluding tert-OH is 2. The Morgan fingerprint density at radius 2 is 2.27 bits per heavy atom. The number of hydrazine groups is 1. The van der Waals surface area contributed by atoms with Gasteiger partial charge >= 0.3 is 0 Å². The molecule has 0 amide bonds. The second kappa shape index (κ2) is 5.44. The van der Waals surface area contributed by atoms with Crippen molar-refractivity contribution in [1.82, 2.24) is 9.97 Å². The normalized spacial score (nSPS) is 12.3. The maximum Gasteiger partial charge on any atom is 0.239 e. The van der Waals surface area contributed by atoms with Crippen LogP contribution in [0.1, 0.15) is 5.69 Å². The first kappa shape index (κ1) is 11.6. The van der Waals surface area contributed by atoms with Gasteiger partial charge < -0.3 is 15.5 Å². The molecular formula is C8H15N5O2. The molecule has 0 saturated carbocycles. The molecule has 0 saturated heterocycles. The van der Waals surface area contributed by atoms with Crippen LogP contribution < -0.4 is 16.6 Å². The molecule has 84 valence electrons. The predicted octanol–water partition coefficient (Wildman–Crippen LogP) is -1.16. The van der Waals surface area contributed by atoms with Gasteiger partial charge in [-0.25, -0.2) is 10.8 Å². The van der Waals surface area contributed by atoms with Gasteiger partial charge in [-0.3, -0.25) is 5.43 Å². The largest absolute Gasteiger partial charge is 0.394 e. The van der Waals surface area contributed by atoms with Gasteiger partial charge in [-0.1, -0.05) is 0 Å². The van der Waals surface area contributed by atoms with E-state index in [1.807, 2.05) is 0 Å². The quantitative estimate of drug-likeness (QED) is 0.309. The average molecular weight is 213 g/mol. The number of hydrogen-bond donors (Lipinski definition) is 5. The Balaban J connectivity index is 2.64. The van der Waals surface area contributed by atoms with Gasteiger partial charge in [0, 0.05) is 18.3 Å². The van der Waals surface area contributed by atoms with Crippen molar-refractivity contribution >= 4 is 11.8 Å². The summed E-state index contributed by atoms with van der Waals surface area (Å²) in [5.41, 5.74) is 3.08. The molecule has 0 radical (unpaired) electrons. The van der Waals surface area contributed by atoms with Gasteiger partial charge in [0.15, 0.2) is 0 Å². The second-order valence-electron chi connectivity index (χ2n) is 3.08. The summed E-state index contributed by atoms with van der Waals surface area (Å²) in [5.74, 6) is 6.02. The third kappa shape index (κ3) is 3.66. The van der Waals surface area contributed by atoms with Crippen molar-refractivity contribution in [2.75, 3.05) is 23.9 Å². The fraction of sp³-hybridized carbons (Fsp3) is 0.500. The van der Waals surface area contributed by atoms with Gasteiger partial charge in [0.05, 0.1) is 12.7 Å². The van der Waals surface area contributed by atoms with E-state index in [-0.39, 0.29) is 13.2 Å². The lowest BCUT2D eigenvalue weighted by Crippen LogP contribution is -2.23. The SMILES string of the molecule is Cc1cc(NCC(O)CO)nc(NN)n1. The molecular weight excluding hydrogens is 198 g/mol. The number of nitrogen functional groups attached to an aromatic ring is 1. The van der Waals surface area contributed by atoms with Gasteiger partial charge in [0.2, 0.25) is 5.95 Å². The number of nitrogens with two attached hydrogens (primary N) is 1. The molecule has 6 N–H and O–H groups in total. The molecule has 1 aromatic rings. The molecule has 7 heteroatoms. The highest BCUT2D eigenvalue weighted by molar-refractivity contribution is 5.41. The number of aromatic nitrogens is 2. The van der Waals surface area contributed by atoms with Crippen molar-refractivity contribution in [3.05, 3.63) is 11.8 Å². The third-order valence-corrected chi connectivity index (χ3v) is 1.71. The molecule has 7 nitrogen and oxygen atoms in total. The Hall–Kier alpha value is -1.44. The zero-order chi connectivity index (χ0) is 11.3. The first-order valence-electron chi connectivity index (χ1n) is 4.50. The monoisotopic (exact) mass is 213 g/mol. The van der Waals surface area contributed by atoms with Crippen LogP contribution in [0.5, 0.6) is 0 Å². The van der Waals surface area contributed by atoms with E-state index in [1.54, 1.807) is 13.0 Å². The van der Waals surface area contributed by atoms with Gasteiger partial charge in [-0.15, -0.1) is 0 Å². The molecule has 1 heterocycles. The van der Waals surface area contributed by atoms with E-state index in [0.717, 1.165) is 5.69 Å². The number of rotatable bonds is 5. The molecule has 0 spiro atoms. The van der Waals surface area contributed by atoms with Crippen LogP contribution in [-0.4, -0.2) is 39.4 Å². The number of nitrogens with zero attached hydrogens (tertiary/aromatic N) is 2. The Morgan fingerprint density at radius 1 is 1.53 bits per heavy atom. The molecule has 0 aromatic carbocycles. The first-order chi connectivity index (χ1) is 7.15. The van der Waals surface area contributed by atoms with E-state index in [1.165, 1.54) is 0 Å². The summed E-state index contributed by atoms with van der Waals surface area (Å²) in [6.45, 7) is 1.73. The lowest BCUT2D eigenvalue weighted by molar-refractivity contribution is 0.105. The molecule has 1 unspecified atom stereocenters. The van der Waals surface area contributed by atoms with E-state index in [4.69, 9.17) is 16.1 Å². The van der Waals surface area contributed by atoms with Gasteiger partial charge in [0.25, 0.3) is 0 Å². The summed E-state index contributed by atoms with van der Waals surface area (Å²) < 4.78 is 0. The second-order valence-corrected chi connectivity index (χ2v) is 3.08. The third-order valence-electron chi connectivity index (χ3n) is 1.71. The van der Waals surface area contributed by atoms with Gasteiger partial charge in [-0.05, 0) is 6.92 Å². The molecule has 0 fully saturated rings. The Kier molecular flexibility index (Phi) is 4.22. The molecule has 0 aliphatic rings. The zero-order valence-corrected chi connectivity index (χ0v) is 8.44. The minimum absolute atomic E-state index is 0.219. The lowest BCUT2D eigenvalue weighted by Gasteiger charge is -2.10. The number of aryl methyl sites for hydroxylation is 1. The zero-order valence-electron chi connectivity index (χ0n) is 8.44. The highest BCUT2D eigenvalue weighted by atomic mass is 16.3. The standard InChI is InChI=1S/C8H15N5O2/c1-5-2-7(10-3-6(15)4-14)12-8(11-5)13-9/h2,6,14-15H,3-4,9H2,1H3,(H2,10,11,12,13). The number of anilines is 2. The van der Waals surface area contributed by atoms with Crippen LogP contribution in [0.2, 0.25) is 0 Å². The fourth-order valence-corrected chi connectivity index (χ4v) is 1.01. The summed E-state index contributed by atoms with van der Waals surface area (Å²) >= 11 is 0. The van der Waals surface area contributed by atoms with Crippen molar-refractivity contribution in [3.63, 3.8) is 0 Å². The predicted molar refractivity (Wildman–Crippen MR) is 56.2 cm³/mol. The van der Waals surface area contributed by atoms with E-state index in [2.05, 4.69) is 20.7 Å². The van der Waals surface area contributed by atoms with Crippen LogP contribution in [0.25, 0.3) is 0 Å². The average Bonchev–Trinajstić information content (AvgIpc) is 2.25. The number of nitrogens with one attached hydrogen (secondary N) is 2. The number of aliphatic hydroxyl groups is 2. The maximum atomic E-state index is 9.12. The van der Waals surface area contributed by atoms with E-state index >= 15 is 0 Å². The summed E-state index contributed by atoms with van der Waals surface area (Å²) in [5, 5.41) is 20.6. The van der Waals surface area contributed by atoms with Crippen molar-refractivity contribution in [1.29, 1.82) is 0 Å². The summed E-state index contributed by atoms with van der Waals surface area (Å²) in [6, 6.07) is 1.71. The summed E-state index contributed by atoms with van der Waals surface area (Å²) in [7, 11) is 0. The van der Waals surface area contributed by atoms with Crippen molar-refractivity contribution in [2.24, 2.45) is 5.84 Å². The maximum absolute atomic E-state index is 9.12. The topological polar surface area (TPSA) is 116 Å². The molecule has 1 rings (SSSR count). The number of hydrogen-bond acceptors (Lipinski definition) is 7. The highest BCUT2D eigenvalue weighted by Gasteiger charge is 2.04. The van der Waals surface area contributed by atoms with Crippen LogP contribution in [0.3, 0.4) is 0 Å². The Bertz CT molecular complexity index is 320. The van der Waals surface area contributed by atoms with Crippen LogP contribution in [-0.2, 0) is 0 Å². The van der Waals surface area contributed by atoms with Crippen LogP contribution in [0.4, 0.5) is 11.8 Å². The van der Waals surface area contributed by atoms with Gasteiger partial charge in [0.1, 0.15) is 5.82 Å². The highest BCUT2D eigenvalue weighted by Crippen LogP contribution is 2.08. The van der Waals surface area contributed by atoms with Crippen LogP contribution in [0, 0.1) is 6.92 Å². The van der Waals surface area contributed by atoms with Crippen LogP contribution in [0.15, 0.2) is 6.07 Å². The van der Waals surface area contributed by atoms with Crippen LogP contribution >= 0.6 is 0 Å². The van der Waals surface area contributed by atoms with Gasteiger partial charge in [-0.2, -0.15) is 4.98 Å². The molecule has 1 atom stereocenters. The molecule has 1 aromatic heterocycles.